The average Bonchev–Trinajstić information content (AvgIpc) is 2.34. The quantitative estimate of drug-likeness (QED) is 0.498. The minimum atomic E-state index is -0.293. The van der Waals surface area contributed by atoms with Gasteiger partial charge in [0.25, 0.3) is 0 Å². The Balaban J connectivity index is 2.33. The van der Waals surface area contributed by atoms with Crippen molar-refractivity contribution in [3.8, 4) is 0 Å². The molecule has 3 nitrogen and oxygen atoms in total. The highest BCUT2D eigenvalue weighted by Crippen LogP contribution is 2.24. The van der Waals surface area contributed by atoms with Crippen molar-refractivity contribution in [2.75, 3.05) is 5.73 Å². The van der Waals surface area contributed by atoms with Gasteiger partial charge in [-0.05, 0) is 30.5 Å². The van der Waals surface area contributed by atoms with Crippen LogP contribution in [0.15, 0.2) is 33.5 Å². The molecule has 0 radical (unpaired) electrons. The third-order valence-corrected chi connectivity index (χ3v) is 3.18. The van der Waals surface area contributed by atoms with Crippen molar-refractivity contribution in [2.24, 2.45) is 0 Å². The van der Waals surface area contributed by atoms with Crippen molar-refractivity contribution in [3.63, 3.8) is 0 Å². The number of aryl methyl sites for hydroxylation is 1. The van der Waals surface area contributed by atoms with Crippen molar-refractivity contribution in [1.82, 2.24) is 0 Å². The van der Waals surface area contributed by atoms with E-state index in [1.54, 1.807) is 12.1 Å². The topological polar surface area (TPSA) is 56.2 Å². The largest absolute Gasteiger partial charge is 0.423 e. The Morgan fingerprint density at radius 1 is 1.22 bits per heavy atom. The second kappa shape index (κ2) is 5.71. The molecule has 0 atom stereocenters. The fraction of sp³-hybridized carbons (Fsp3) is 0.400. The van der Waals surface area contributed by atoms with Crippen LogP contribution in [-0.2, 0) is 6.42 Å². The summed E-state index contributed by atoms with van der Waals surface area (Å²) in [6.07, 6.45) is 5.59. The van der Waals surface area contributed by atoms with Crippen molar-refractivity contribution in [1.29, 1.82) is 0 Å². The highest BCUT2D eigenvalue weighted by molar-refractivity contribution is 5.91. The lowest BCUT2D eigenvalue weighted by Gasteiger charge is -2.07. The van der Waals surface area contributed by atoms with Gasteiger partial charge in [-0.15, -0.1) is 0 Å². The molecule has 1 aromatic carbocycles. The van der Waals surface area contributed by atoms with Crippen LogP contribution in [0.3, 0.4) is 0 Å². The number of benzene rings is 1. The van der Waals surface area contributed by atoms with Gasteiger partial charge in [0.15, 0.2) is 0 Å². The van der Waals surface area contributed by atoms with E-state index >= 15 is 0 Å². The Kier molecular flexibility index (Phi) is 4.03. The number of hydrogen-bond acceptors (Lipinski definition) is 3. The van der Waals surface area contributed by atoms with Gasteiger partial charge in [0.05, 0.1) is 0 Å². The maximum Gasteiger partial charge on any atom is 0.336 e. The Hall–Kier alpha value is -1.77. The Labute approximate surface area is 107 Å². The molecule has 2 aromatic rings. The minimum absolute atomic E-state index is 0.293. The predicted molar refractivity (Wildman–Crippen MR) is 74.7 cm³/mol. The van der Waals surface area contributed by atoms with E-state index in [0.29, 0.717) is 11.3 Å². The first-order valence-electron chi connectivity index (χ1n) is 6.53. The number of hydrogen-bond donors (Lipinski definition) is 1. The smallest absolute Gasteiger partial charge is 0.336 e. The predicted octanol–water partition coefficient (Wildman–Crippen LogP) is 3.50. The van der Waals surface area contributed by atoms with Crippen LogP contribution in [0.1, 0.15) is 38.2 Å². The summed E-state index contributed by atoms with van der Waals surface area (Å²) in [5, 5.41) is 0.897. The van der Waals surface area contributed by atoms with E-state index in [0.717, 1.165) is 23.8 Å². The lowest BCUT2D eigenvalue weighted by atomic mass is 10.0. The summed E-state index contributed by atoms with van der Waals surface area (Å²) in [6.45, 7) is 2.19. The van der Waals surface area contributed by atoms with Crippen LogP contribution < -0.4 is 11.4 Å². The van der Waals surface area contributed by atoms with Gasteiger partial charge in [0.2, 0.25) is 0 Å². The number of fused-ring (bicyclic) bond motifs is 1. The first kappa shape index (κ1) is 12.7. The van der Waals surface area contributed by atoms with Crippen molar-refractivity contribution in [2.45, 2.75) is 39.0 Å². The molecule has 1 aromatic heterocycles. The van der Waals surface area contributed by atoms with Gasteiger partial charge in [0, 0.05) is 17.1 Å². The van der Waals surface area contributed by atoms with E-state index in [9.17, 15) is 4.79 Å². The summed E-state index contributed by atoms with van der Waals surface area (Å²) < 4.78 is 5.18. The number of nitrogen functional groups attached to an aromatic ring is 1. The summed E-state index contributed by atoms with van der Waals surface area (Å²) in [6, 6.07) is 7.02. The van der Waals surface area contributed by atoms with E-state index < -0.39 is 0 Å². The Bertz CT molecular complexity index is 587. The first-order chi connectivity index (χ1) is 8.72. The zero-order chi connectivity index (χ0) is 13.0. The monoisotopic (exact) mass is 245 g/mol. The molecule has 18 heavy (non-hydrogen) atoms. The third-order valence-electron chi connectivity index (χ3n) is 3.18. The van der Waals surface area contributed by atoms with Crippen molar-refractivity contribution in [3.05, 3.63) is 40.2 Å². The summed E-state index contributed by atoms with van der Waals surface area (Å²) in [7, 11) is 0. The van der Waals surface area contributed by atoms with Crippen LogP contribution in [0.2, 0.25) is 0 Å². The molecule has 0 unspecified atom stereocenters. The van der Waals surface area contributed by atoms with Crippen LogP contribution in [0, 0.1) is 0 Å². The molecule has 1 heterocycles. The number of unbranched alkanes of at least 4 members (excludes halogenated alkanes) is 3. The number of anilines is 1. The second-order valence-corrected chi connectivity index (χ2v) is 4.62. The normalized spacial score (nSPS) is 10.9. The summed E-state index contributed by atoms with van der Waals surface area (Å²) in [5.74, 6) is 0. The fourth-order valence-corrected chi connectivity index (χ4v) is 2.27. The molecule has 0 aliphatic carbocycles. The van der Waals surface area contributed by atoms with E-state index in [-0.39, 0.29) is 5.63 Å². The second-order valence-electron chi connectivity index (χ2n) is 4.62. The minimum Gasteiger partial charge on any atom is -0.423 e. The van der Waals surface area contributed by atoms with Crippen LogP contribution >= 0.6 is 0 Å². The van der Waals surface area contributed by atoms with Gasteiger partial charge >= 0.3 is 5.63 Å². The molecule has 0 saturated carbocycles. The molecule has 2 rings (SSSR count). The molecule has 2 N–H and O–H groups in total. The van der Waals surface area contributed by atoms with Gasteiger partial charge in [-0.2, -0.15) is 0 Å². The molecule has 0 spiro atoms. The zero-order valence-electron chi connectivity index (χ0n) is 10.7. The van der Waals surface area contributed by atoms with E-state index in [1.165, 1.54) is 19.3 Å². The summed E-state index contributed by atoms with van der Waals surface area (Å²) >= 11 is 0. The molecule has 3 heteroatoms. The van der Waals surface area contributed by atoms with Crippen LogP contribution in [0.5, 0.6) is 0 Å². The van der Waals surface area contributed by atoms with Gasteiger partial charge in [0.1, 0.15) is 5.58 Å². The first-order valence-corrected chi connectivity index (χ1v) is 6.53. The average molecular weight is 245 g/mol. The third kappa shape index (κ3) is 2.73. The molecule has 96 valence electrons. The SMILES string of the molecule is CCCCCCc1cc(=O)oc2cccc(N)c12. The van der Waals surface area contributed by atoms with Gasteiger partial charge in [-0.25, -0.2) is 4.79 Å². The molecule has 0 bridgehead atoms. The van der Waals surface area contributed by atoms with E-state index in [2.05, 4.69) is 6.92 Å². The zero-order valence-corrected chi connectivity index (χ0v) is 10.7. The fourth-order valence-electron chi connectivity index (χ4n) is 2.27. The number of rotatable bonds is 5. The molecule has 0 aliphatic rings. The molecular weight excluding hydrogens is 226 g/mol. The maximum absolute atomic E-state index is 11.5. The maximum atomic E-state index is 11.5. The highest BCUT2D eigenvalue weighted by Gasteiger charge is 2.08. The molecule has 0 aliphatic heterocycles. The van der Waals surface area contributed by atoms with E-state index in [1.807, 2.05) is 12.1 Å². The van der Waals surface area contributed by atoms with Gasteiger partial charge in [-0.1, -0.05) is 32.3 Å². The Morgan fingerprint density at radius 2 is 2.06 bits per heavy atom. The lowest BCUT2D eigenvalue weighted by Crippen LogP contribution is -2.02. The van der Waals surface area contributed by atoms with Gasteiger partial charge < -0.3 is 10.2 Å². The molecule has 0 fully saturated rings. The summed E-state index contributed by atoms with van der Waals surface area (Å²) in [5.41, 5.74) is 7.97. The van der Waals surface area contributed by atoms with E-state index in [4.69, 9.17) is 10.2 Å². The Morgan fingerprint density at radius 3 is 2.83 bits per heavy atom. The van der Waals surface area contributed by atoms with Crippen molar-refractivity contribution >= 4 is 16.7 Å². The lowest BCUT2D eigenvalue weighted by molar-refractivity contribution is 0.557. The van der Waals surface area contributed by atoms with Crippen LogP contribution in [-0.4, -0.2) is 0 Å². The van der Waals surface area contributed by atoms with Crippen molar-refractivity contribution < 1.29 is 4.42 Å². The van der Waals surface area contributed by atoms with Crippen LogP contribution in [0.25, 0.3) is 11.0 Å². The number of nitrogens with two attached hydrogens (primary N) is 1. The highest BCUT2D eigenvalue weighted by atomic mass is 16.4. The van der Waals surface area contributed by atoms with Gasteiger partial charge in [-0.3, -0.25) is 0 Å². The standard InChI is InChI=1S/C15H19NO2/c1-2-3-4-5-7-11-10-14(17)18-13-9-6-8-12(16)15(11)13/h6,8-10H,2-5,7,16H2,1H3. The van der Waals surface area contributed by atoms with Crippen LogP contribution in [0.4, 0.5) is 5.69 Å². The molecular formula is C15H19NO2. The summed E-state index contributed by atoms with van der Waals surface area (Å²) in [4.78, 5) is 11.5. The molecule has 0 amide bonds. The molecule has 0 saturated heterocycles.